The number of imide groups is 1. The highest BCUT2D eigenvalue weighted by atomic mass is 32.2. The first kappa shape index (κ1) is 19.5. The number of methoxy groups -OCH3 is 2. The third-order valence-corrected chi connectivity index (χ3v) is 7.01. The molecule has 31 heavy (non-hydrogen) atoms. The molecule has 3 heterocycles. The van der Waals surface area contributed by atoms with Crippen molar-refractivity contribution in [2.75, 3.05) is 19.1 Å². The normalized spacial score (nSPS) is 24.4. The van der Waals surface area contributed by atoms with Crippen molar-refractivity contribution in [2.45, 2.75) is 11.2 Å². The Morgan fingerprint density at radius 2 is 1.74 bits per heavy atom. The minimum atomic E-state index is -0.776. The fraction of sp³-hybridized carbons (Fsp3) is 0.227. The number of fused-ring (bicyclic) bond motifs is 5. The second-order valence-electron chi connectivity index (χ2n) is 7.30. The van der Waals surface area contributed by atoms with E-state index in [-0.39, 0.29) is 16.5 Å². The van der Waals surface area contributed by atoms with Crippen LogP contribution in [0.25, 0.3) is 0 Å². The third-order valence-electron chi connectivity index (χ3n) is 5.79. The van der Waals surface area contributed by atoms with Crippen LogP contribution in [-0.4, -0.2) is 37.3 Å². The number of amides is 2. The number of carbonyl (C=O) groups excluding carboxylic acids is 3. The molecule has 0 radical (unpaired) electrons. The summed E-state index contributed by atoms with van der Waals surface area (Å²) in [4.78, 5) is 40.7. The zero-order valence-corrected chi connectivity index (χ0v) is 17.5. The second-order valence-corrected chi connectivity index (χ2v) is 8.48. The van der Waals surface area contributed by atoms with Gasteiger partial charge in [-0.2, -0.15) is 0 Å². The van der Waals surface area contributed by atoms with Crippen LogP contribution in [-0.2, 0) is 14.4 Å². The van der Waals surface area contributed by atoms with Crippen LogP contribution in [0.1, 0.15) is 11.5 Å². The lowest BCUT2D eigenvalue weighted by molar-refractivity contribution is -0.131. The lowest BCUT2D eigenvalue weighted by Gasteiger charge is -2.36. The Balaban J connectivity index is 1.62. The Hall–Kier alpha value is -3.46. The summed E-state index contributed by atoms with van der Waals surface area (Å²) >= 11 is 1.04. The molecule has 1 saturated heterocycles. The molecular weight excluding hydrogens is 420 g/mol. The Kier molecular flexibility index (Phi) is 4.44. The number of rotatable bonds is 3. The highest BCUT2D eigenvalue weighted by Gasteiger charge is 2.58. The number of ether oxygens (including phenoxy) is 3. The minimum Gasteiger partial charge on any atom is -0.493 e. The van der Waals surface area contributed by atoms with Gasteiger partial charge in [-0.1, -0.05) is 30.0 Å². The van der Waals surface area contributed by atoms with Crippen molar-refractivity contribution in [3.63, 3.8) is 0 Å². The highest BCUT2D eigenvalue weighted by molar-refractivity contribution is 8.04. The summed E-state index contributed by atoms with van der Waals surface area (Å²) in [5.74, 6) is -1.53. The summed E-state index contributed by atoms with van der Waals surface area (Å²) in [6, 6.07) is 11.9. The molecule has 158 valence electrons. The predicted octanol–water partition coefficient (Wildman–Crippen LogP) is 2.18. The van der Waals surface area contributed by atoms with Crippen molar-refractivity contribution in [1.82, 2.24) is 0 Å². The molecule has 3 atom stereocenters. The molecule has 2 amide bonds. The summed E-state index contributed by atoms with van der Waals surface area (Å²) < 4.78 is 16.0. The van der Waals surface area contributed by atoms with Crippen molar-refractivity contribution >= 4 is 35.2 Å². The van der Waals surface area contributed by atoms with Gasteiger partial charge in [0.05, 0.1) is 36.4 Å². The molecule has 3 aliphatic rings. The van der Waals surface area contributed by atoms with Gasteiger partial charge in [0.25, 0.3) is 0 Å². The van der Waals surface area contributed by atoms with Crippen LogP contribution in [0.15, 0.2) is 53.1 Å². The number of anilines is 1. The van der Waals surface area contributed by atoms with Gasteiger partial charge in [0.15, 0.2) is 11.5 Å². The number of nitrogens with zero attached hydrogens (tertiary/aromatic N) is 1. The SMILES string of the molecule is COc1ccc(N2C(=O)[C@H]3[C@H](SC(N)=C4C(=O)Oc5ccccc5[C@H]43)C2=O)cc1OC. The van der Waals surface area contributed by atoms with E-state index < -0.39 is 29.0 Å². The first-order valence-corrected chi connectivity index (χ1v) is 10.4. The first-order chi connectivity index (χ1) is 15.0. The number of thioether (sulfide) groups is 1. The van der Waals surface area contributed by atoms with Gasteiger partial charge in [-0.15, -0.1) is 0 Å². The van der Waals surface area contributed by atoms with Gasteiger partial charge in [-0.05, 0) is 18.2 Å². The molecule has 5 rings (SSSR count). The van der Waals surface area contributed by atoms with E-state index >= 15 is 0 Å². The fourth-order valence-electron chi connectivity index (χ4n) is 4.42. The standard InChI is InChI=1S/C22H18N2O6S/c1-28-13-8-7-10(9-14(13)29-2)24-20(25)16-15-11-5-3-4-6-12(11)30-22(27)17(15)19(23)31-18(16)21(24)26/h3-9,15-16,18H,23H2,1-2H3/t15-,16+,18-/m0/s1. The average Bonchev–Trinajstić information content (AvgIpc) is 3.02. The number of esters is 1. The van der Waals surface area contributed by atoms with Crippen molar-refractivity contribution in [3.05, 3.63) is 58.6 Å². The number of hydrogen-bond donors (Lipinski definition) is 1. The quantitative estimate of drug-likeness (QED) is 0.441. The van der Waals surface area contributed by atoms with Crippen molar-refractivity contribution < 1.29 is 28.6 Å². The summed E-state index contributed by atoms with van der Waals surface area (Å²) in [6.07, 6.45) is 0. The molecule has 0 aromatic heterocycles. The zero-order valence-electron chi connectivity index (χ0n) is 16.7. The van der Waals surface area contributed by atoms with E-state index in [1.165, 1.54) is 14.2 Å². The van der Waals surface area contributed by atoms with E-state index in [2.05, 4.69) is 0 Å². The number of carbonyl (C=O) groups is 3. The number of benzene rings is 2. The predicted molar refractivity (Wildman–Crippen MR) is 113 cm³/mol. The Labute approximate surface area is 181 Å². The van der Waals surface area contributed by atoms with Gasteiger partial charge < -0.3 is 19.9 Å². The molecule has 0 bridgehead atoms. The van der Waals surface area contributed by atoms with Gasteiger partial charge in [0.1, 0.15) is 11.0 Å². The van der Waals surface area contributed by atoms with E-state index in [4.69, 9.17) is 19.9 Å². The van der Waals surface area contributed by atoms with Crippen molar-refractivity contribution in [2.24, 2.45) is 11.7 Å². The molecule has 3 aliphatic heterocycles. The molecule has 0 saturated carbocycles. The third kappa shape index (κ3) is 2.73. The molecule has 0 aliphatic carbocycles. The largest absolute Gasteiger partial charge is 0.493 e. The van der Waals surface area contributed by atoms with Crippen LogP contribution in [0.3, 0.4) is 0 Å². The maximum atomic E-state index is 13.6. The van der Waals surface area contributed by atoms with E-state index in [1.54, 1.807) is 42.5 Å². The van der Waals surface area contributed by atoms with E-state index in [0.717, 1.165) is 16.7 Å². The highest BCUT2D eigenvalue weighted by Crippen LogP contribution is 2.54. The topological polar surface area (TPSA) is 108 Å². The lowest BCUT2D eigenvalue weighted by Crippen LogP contribution is -2.39. The van der Waals surface area contributed by atoms with Gasteiger partial charge in [0, 0.05) is 17.5 Å². The molecule has 2 aromatic rings. The van der Waals surface area contributed by atoms with Gasteiger partial charge in [-0.3, -0.25) is 9.59 Å². The second kappa shape index (κ2) is 7.05. The monoisotopic (exact) mass is 438 g/mol. The van der Waals surface area contributed by atoms with Crippen LogP contribution in [0.5, 0.6) is 17.2 Å². The van der Waals surface area contributed by atoms with Crippen LogP contribution in [0.4, 0.5) is 5.69 Å². The molecule has 0 unspecified atom stereocenters. The van der Waals surface area contributed by atoms with Gasteiger partial charge in [0.2, 0.25) is 11.8 Å². The van der Waals surface area contributed by atoms with Crippen molar-refractivity contribution in [3.8, 4) is 17.2 Å². The van der Waals surface area contributed by atoms with Crippen LogP contribution < -0.4 is 24.8 Å². The van der Waals surface area contributed by atoms with Crippen LogP contribution in [0.2, 0.25) is 0 Å². The summed E-state index contributed by atoms with van der Waals surface area (Å²) in [6.45, 7) is 0. The smallest absolute Gasteiger partial charge is 0.342 e. The Morgan fingerprint density at radius 1 is 1.00 bits per heavy atom. The molecule has 8 nitrogen and oxygen atoms in total. The molecule has 9 heteroatoms. The van der Waals surface area contributed by atoms with E-state index in [1.807, 2.05) is 0 Å². The Morgan fingerprint density at radius 3 is 2.48 bits per heavy atom. The molecule has 0 spiro atoms. The molecular formula is C22H18N2O6S. The first-order valence-electron chi connectivity index (χ1n) is 9.53. The van der Waals surface area contributed by atoms with Crippen molar-refractivity contribution in [1.29, 1.82) is 0 Å². The van der Waals surface area contributed by atoms with E-state index in [9.17, 15) is 14.4 Å². The van der Waals surface area contributed by atoms with Gasteiger partial charge in [-0.25, -0.2) is 9.69 Å². The molecule has 2 aromatic carbocycles. The number of hydrogen-bond acceptors (Lipinski definition) is 8. The van der Waals surface area contributed by atoms with Gasteiger partial charge >= 0.3 is 5.97 Å². The summed E-state index contributed by atoms with van der Waals surface area (Å²) in [5, 5.41) is -0.533. The zero-order chi connectivity index (χ0) is 21.9. The molecule has 2 N–H and O–H groups in total. The minimum absolute atomic E-state index is 0.209. The maximum Gasteiger partial charge on any atom is 0.342 e. The fourth-order valence-corrected chi connectivity index (χ4v) is 5.66. The Bertz CT molecular complexity index is 1180. The van der Waals surface area contributed by atoms with E-state index in [0.29, 0.717) is 28.5 Å². The lowest BCUT2D eigenvalue weighted by atomic mass is 9.77. The number of para-hydroxylation sites is 1. The summed E-state index contributed by atoms with van der Waals surface area (Å²) in [7, 11) is 2.98. The maximum absolute atomic E-state index is 13.6. The summed E-state index contributed by atoms with van der Waals surface area (Å²) in [5.41, 5.74) is 7.47. The molecule has 1 fully saturated rings. The van der Waals surface area contributed by atoms with Crippen LogP contribution in [0, 0.1) is 5.92 Å². The number of nitrogens with two attached hydrogens (primary N) is 1. The van der Waals surface area contributed by atoms with Crippen LogP contribution >= 0.6 is 11.8 Å². The average molecular weight is 438 g/mol.